The molecule has 1 aromatic heterocycles. The van der Waals surface area contributed by atoms with E-state index in [0.717, 1.165) is 16.5 Å². The van der Waals surface area contributed by atoms with Crippen LogP contribution in [-0.2, 0) is 16.0 Å². The molecule has 6 nitrogen and oxygen atoms in total. The number of aryl methyl sites for hydroxylation is 2. The summed E-state index contributed by atoms with van der Waals surface area (Å²) in [5.41, 5.74) is 7.89. The topological polar surface area (TPSA) is 93.6 Å². The summed E-state index contributed by atoms with van der Waals surface area (Å²) in [7, 11) is 0. The summed E-state index contributed by atoms with van der Waals surface area (Å²) in [6.07, 6.45) is 2.37. The van der Waals surface area contributed by atoms with Gasteiger partial charge in [-0.05, 0) is 50.8 Å². The smallest absolute Gasteiger partial charge is 0.289 e. The number of hydrogen-bond donors (Lipinski definition) is 1. The SMILES string of the molecule is CC(=O)CCc1ccc2oc(C(=O)N3CCC(C(N)=O)CC3)c(C)c2c1. The molecule has 26 heavy (non-hydrogen) atoms. The highest BCUT2D eigenvalue weighted by molar-refractivity contribution is 5.99. The maximum Gasteiger partial charge on any atom is 0.289 e. The Hall–Kier alpha value is -2.63. The Morgan fingerprint density at radius 1 is 1.23 bits per heavy atom. The normalized spacial score (nSPS) is 15.4. The van der Waals surface area contributed by atoms with Crippen molar-refractivity contribution in [1.29, 1.82) is 0 Å². The van der Waals surface area contributed by atoms with Crippen molar-refractivity contribution in [3.8, 4) is 0 Å². The fourth-order valence-corrected chi connectivity index (χ4v) is 3.46. The maximum absolute atomic E-state index is 12.8. The van der Waals surface area contributed by atoms with Gasteiger partial charge in [-0.1, -0.05) is 6.07 Å². The van der Waals surface area contributed by atoms with Crippen LogP contribution in [0.5, 0.6) is 0 Å². The van der Waals surface area contributed by atoms with Crippen LogP contribution in [0.4, 0.5) is 0 Å². The number of primary amides is 1. The molecule has 2 N–H and O–H groups in total. The summed E-state index contributed by atoms with van der Waals surface area (Å²) in [6, 6.07) is 5.78. The van der Waals surface area contributed by atoms with Gasteiger partial charge in [0.15, 0.2) is 5.76 Å². The molecule has 2 amide bonds. The van der Waals surface area contributed by atoms with Crippen molar-refractivity contribution in [3.63, 3.8) is 0 Å². The van der Waals surface area contributed by atoms with Crippen molar-refractivity contribution < 1.29 is 18.8 Å². The molecule has 1 aliphatic rings. The quantitative estimate of drug-likeness (QED) is 0.891. The largest absolute Gasteiger partial charge is 0.451 e. The van der Waals surface area contributed by atoms with Crippen molar-refractivity contribution in [2.75, 3.05) is 13.1 Å². The summed E-state index contributed by atoms with van der Waals surface area (Å²) < 4.78 is 5.82. The summed E-state index contributed by atoms with van der Waals surface area (Å²) in [5.74, 6) is -0.0906. The molecule has 0 saturated carbocycles. The molecule has 1 aliphatic heterocycles. The number of nitrogens with zero attached hydrogens (tertiary/aromatic N) is 1. The molecule has 1 saturated heterocycles. The Morgan fingerprint density at radius 2 is 1.92 bits per heavy atom. The second-order valence-electron chi connectivity index (χ2n) is 7.06. The molecular weight excluding hydrogens is 332 g/mol. The van der Waals surface area contributed by atoms with Crippen LogP contribution in [0.15, 0.2) is 22.6 Å². The van der Waals surface area contributed by atoms with Crippen LogP contribution in [0.2, 0.25) is 0 Å². The number of fused-ring (bicyclic) bond motifs is 1. The summed E-state index contributed by atoms with van der Waals surface area (Å²) in [6.45, 7) is 4.48. The zero-order valence-corrected chi connectivity index (χ0v) is 15.2. The first kappa shape index (κ1) is 18.2. The number of furan rings is 1. The lowest BCUT2D eigenvalue weighted by Gasteiger charge is -2.30. The third-order valence-corrected chi connectivity index (χ3v) is 5.15. The van der Waals surface area contributed by atoms with E-state index in [1.54, 1.807) is 11.8 Å². The minimum atomic E-state index is -0.296. The van der Waals surface area contributed by atoms with Gasteiger partial charge in [-0.3, -0.25) is 9.59 Å². The molecule has 0 bridgehead atoms. The third-order valence-electron chi connectivity index (χ3n) is 5.15. The minimum absolute atomic E-state index is 0.146. The number of carbonyl (C=O) groups is 3. The fourth-order valence-electron chi connectivity index (χ4n) is 3.46. The number of ketones is 1. The van der Waals surface area contributed by atoms with Crippen molar-refractivity contribution in [1.82, 2.24) is 4.90 Å². The van der Waals surface area contributed by atoms with E-state index < -0.39 is 0 Å². The first-order valence-corrected chi connectivity index (χ1v) is 8.97. The maximum atomic E-state index is 12.8. The van der Waals surface area contributed by atoms with Gasteiger partial charge in [0.05, 0.1) is 0 Å². The van der Waals surface area contributed by atoms with Crippen LogP contribution < -0.4 is 5.73 Å². The van der Waals surface area contributed by atoms with E-state index in [1.165, 1.54) is 0 Å². The first-order chi connectivity index (χ1) is 12.4. The van der Waals surface area contributed by atoms with Crippen LogP contribution >= 0.6 is 0 Å². The molecular formula is C20H24N2O4. The predicted octanol–water partition coefficient (Wildman–Crippen LogP) is 2.60. The Kier molecular flexibility index (Phi) is 5.11. The Balaban J connectivity index is 1.79. The average molecular weight is 356 g/mol. The molecule has 0 atom stereocenters. The molecule has 0 unspecified atom stereocenters. The number of piperidine rings is 1. The van der Waals surface area contributed by atoms with E-state index in [0.29, 0.717) is 50.1 Å². The van der Waals surface area contributed by atoms with Gasteiger partial charge in [0, 0.05) is 36.4 Å². The molecule has 6 heteroatoms. The second-order valence-corrected chi connectivity index (χ2v) is 7.06. The van der Waals surface area contributed by atoms with E-state index in [-0.39, 0.29) is 23.5 Å². The van der Waals surface area contributed by atoms with Crippen LogP contribution in [0.1, 0.15) is 47.9 Å². The standard InChI is InChI=1S/C20H24N2O4/c1-12(23)3-4-14-5-6-17-16(11-14)13(2)18(26-17)20(25)22-9-7-15(8-10-22)19(21)24/h5-6,11,15H,3-4,7-10H2,1-2H3,(H2,21,24). The molecule has 0 radical (unpaired) electrons. The predicted molar refractivity (Wildman–Crippen MR) is 97.8 cm³/mol. The fraction of sp³-hybridized carbons (Fsp3) is 0.450. The van der Waals surface area contributed by atoms with Crippen LogP contribution in [0.25, 0.3) is 11.0 Å². The van der Waals surface area contributed by atoms with E-state index in [2.05, 4.69) is 0 Å². The van der Waals surface area contributed by atoms with Crippen molar-refractivity contribution >= 4 is 28.6 Å². The Morgan fingerprint density at radius 3 is 2.54 bits per heavy atom. The van der Waals surface area contributed by atoms with Gasteiger partial charge in [0.25, 0.3) is 5.91 Å². The number of nitrogens with two attached hydrogens (primary N) is 1. The average Bonchev–Trinajstić information content (AvgIpc) is 2.95. The zero-order valence-electron chi connectivity index (χ0n) is 15.2. The van der Waals surface area contributed by atoms with E-state index >= 15 is 0 Å². The van der Waals surface area contributed by atoms with Crippen LogP contribution in [-0.4, -0.2) is 35.6 Å². The molecule has 1 aromatic carbocycles. The van der Waals surface area contributed by atoms with Crippen molar-refractivity contribution in [2.45, 2.75) is 39.5 Å². The van der Waals surface area contributed by atoms with E-state index in [1.807, 2.05) is 25.1 Å². The number of likely N-dealkylation sites (tertiary alicyclic amines) is 1. The lowest BCUT2D eigenvalue weighted by molar-refractivity contribution is -0.123. The summed E-state index contributed by atoms with van der Waals surface area (Å²) >= 11 is 0. The minimum Gasteiger partial charge on any atom is -0.451 e. The number of rotatable bonds is 5. The molecule has 2 aromatic rings. The monoisotopic (exact) mass is 356 g/mol. The first-order valence-electron chi connectivity index (χ1n) is 8.97. The molecule has 0 aliphatic carbocycles. The van der Waals surface area contributed by atoms with Crippen molar-refractivity contribution in [3.05, 3.63) is 35.1 Å². The van der Waals surface area contributed by atoms with Crippen LogP contribution in [0, 0.1) is 12.8 Å². The highest BCUT2D eigenvalue weighted by atomic mass is 16.3. The lowest BCUT2D eigenvalue weighted by Crippen LogP contribution is -2.41. The second kappa shape index (κ2) is 7.32. The number of benzene rings is 1. The molecule has 1 fully saturated rings. The highest BCUT2D eigenvalue weighted by Gasteiger charge is 2.29. The van der Waals surface area contributed by atoms with Gasteiger partial charge >= 0.3 is 0 Å². The molecule has 0 spiro atoms. The van der Waals surface area contributed by atoms with Gasteiger partial charge in [0.2, 0.25) is 5.91 Å². The van der Waals surface area contributed by atoms with Crippen molar-refractivity contribution in [2.24, 2.45) is 11.7 Å². The Labute approximate surface area is 152 Å². The van der Waals surface area contributed by atoms with Gasteiger partial charge in [0.1, 0.15) is 11.4 Å². The molecule has 138 valence electrons. The van der Waals surface area contributed by atoms with E-state index in [9.17, 15) is 14.4 Å². The van der Waals surface area contributed by atoms with Gasteiger partial charge in [-0.15, -0.1) is 0 Å². The zero-order chi connectivity index (χ0) is 18.8. The lowest BCUT2D eigenvalue weighted by atomic mass is 9.96. The van der Waals surface area contributed by atoms with Crippen LogP contribution in [0.3, 0.4) is 0 Å². The molecule has 2 heterocycles. The number of amides is 2. The van der Waals surface area contributed by atoms with Gasteiger partial charge in [-0.2, -0.15) is 0 Å². The van der Waals surface area contributed by atoms with Gasteiger partial charge < -0.3 is 19.8 Å². The number of carbonyl (C=O) groups excluding carboxylic acids is 3. The molecule has 3 rings (SSSR count). The summed E-state index contributed by atoms with van der Waals surface area (Å²) in [5, 5.41) is 0.904. The number of Topliss-reactive ketones (excluding diaryl/α,β-unsaturated/α-hetero) is 1. The number of hydrogen-bond acceptors (Lipinski definition) is 4. The summed E-state index contributed by atoms with van der Waals surface area (Å²) in [4.78, 5) is 37.0. The third kappa shape index (κ3) is 3.64. The van der Waals surface area contributed by atoms with Gasteiger partial charge in [-0.25, -0.2) is 0 Å². The highest BCUT2D eigenvalue weighted by Crippen LogP contribution is 2.29. The Bertz CT molecular complexity index is 860. The van der Waals surface area contributed by atoms with E-state index in [4.69, 9.17) is 10.2 Å².